The van der Waals surface area contributed by atoms with Crippen molar-refractivity contribution in [2.24, 2.45) is 11.1 Å². The smallest absolute Gasteiger partial charge is 0.406 e. The number of rotatable bonds is 7. The maximum absolute atomic E-state index is 11.0. The number of primary sulfonamides is 1. The minimum Gasteiger partial charge on any atom is -0.485 e. The lowest BCUT2D eigenvalue weighted by Gasteiger charge is -2.14. The number of aromatic nitrogens is 1. The van der Waals surface area contributed by atoms with Crippen molar-refractivity contribution >= 4 is 15.8 Å². The van der Waals surface area contributed by atoms with Crippen LogP contribution in [0.3, 0.4) is 0 Å². The maximum Gasteiger partial charge on any atom is 0.406 e. The monoisotopic (exact) mass is 303 g/mol. The second kappa shape index (κ2) is 6.62. The molecule has 0 saturated heterocycles. The Hall–Kier alpha value is -1.74. The Kier molecular flexibility index (Phi) is 5.40. The molecule has 0 aliphatic heterocycles. The van der Waals surface area contributed by atoms with E-state index in [9.17, 15) is 18.5 Å². The molecule has 1 unspecified atom stereocenters. The Balaban J connectivity index is 2.81. The first-order valence-electron chi connectivity index (χ1n) is 5.98. The molecule has 0 radical (unpaired) electrons. The van der Waals surface area contributed by atoms with Crippen LogP contribution in [-0.2, 0) is 10.0 Å². The van der Waals surface area contributed by atoms with Crippen molar-refractivity contribution in [3.05, 3.63) is 27.9 Å². The topological polar surface area (TPSA) is 125 Å². The molecule has 1 heterocycles. The summed E-state index contributed by atoms with van der Waals surface area (Å²) in [6.07, 6.45) is 0.531. The third-order valence-electron chi connectivity index (χ3n) is 2.67. The highest BCUT2D eigenvalue weighted by molar-refractivity contribution is 7.89. The summed E-state index contributed by atoms with van der Waals surface area (Å²) in [6, 6.07) is 3.03. The molecule has 0 bridgehead atoms. The molecule has 0 fully saturated rings. The van der Waals surface area contributed by atoms with Crippen LogP contribution < -0.4 is 9.88 Å². The van der Waals surface area contributed by atoms with Crippen LogP contribution in [0.2, 0.25) is 0 Å². The summed E-state index contributed by atoms with van der Waals surface area (Å²) in [5.41, 5.74) is 0.501. The SMILES string of the molecule is CCC(COc1ccc(C)nc1[N+](=O)[O-])CS(N)(=O)=O. The van der Waals surface area contributed by atoms with E-state index in [0.717, 1.165) is 0 Å². The van der Waals surface area contributed by atoms with Crippen LogP contribution in [-0.4, -0.2) is 30.7 Å². The molecular weight excluding hydrogens is 286 g/mol. The summed E-state index contributed by atoms with van der Waals surface area (Å²) < 4.78 is 27.4. The summed E-state index contributed by atoms with van der Waals surface area (Å²) >= 11 is 0. The number of nitrogens with two attached hydrogens (primary N) is 1. The lowest BCUT2D eigenvalue weighted by molar-refractivity contribution is -0.390. The lowest BCUT2D eigenvalue weighted by atomic mass is 10.1. The predicted octanol–water partition coefficient (Wildman–Crippen LogP) is 0.992. The van der Waals surface area contributed by atoms with E-state index in [-0.39, 0.29) is 29.8 Å². The van der Waals surface area contributed by atoms with E-state index < -0.39 is 14.9 Å². The highest BCUT2D eigenvalue weighted by atomic mass is 32.2. The van der Waals surface area contributed by atoms with Gasteiger partial charge in [0, 0.05) is 12.8 Å². The van der Waals surface area contributed by atoms with Gasteiger partial charge in [-0.1, -0.05) is 6.92 Å². The largest absolute Gasteiger partial charge is 0.485 e. The highest BCUT2D eigenvalue weighted by Crippen LogP contribution is 2.25. The summed E-state index contributed by atoms with van der Waals surface area (Å²) in [6.45, 7) is 3.45. The van der Waals surface area contributed by atoms with Crippen LogP contribution in [0, 0.1) is 23.0 Å². The van der Waals surface area contributed by atoms with E-state index in [1.807, 2.05) is 0 Å². The molecule has 0 aliphatic carbocycles. The van der Waals surface area contributed by atoms with Crippen molar-refractivity contribution in [1.82, 2.24) is 4.98 Å². The predicted molar refractivity (Wildman–Crippen MR) is 72.9 cm³/mol. The number of aryl methyl sites for hydroxylation is 1. The van der Waals surface area contributed by atoms with Gasteiger partial charge in [-0.3, -0.25) is 0 Å². The molecule has 1 atom stereocenters. The summed E-state index contributed by atoms with van der Waals surface area (Å²) in [5.74, 6) is -0.911. The maximum atomic E-state index is 11.0. The standard InChI is InChI=1S/C11H17N3O5S/c1-3-9(7-20(12,17)18)6-19-10-5-4-8(2)13-11(10)14(15)16/h4-5,9H,3,6-7H2,1-2H3,(H2,12,17,18). The number of sulfonamides is 1. The van der Waals surface area contributed by atoms with Crippen molar-refractivity contribution in [1.29, 1.82) is 0 Å². The van der Waals surface area contributed by atoms with Gasteiger partial charge in [0.2, 0.25) is 15.8 Å². The number of pyridine rings is 1. The van der Waals surface area contributed by atoms with Crippen LogP contribution in [0.25, 0.3) is 0 Å². The Bertz CT molecular complexity index is 588. The van der Waals surface area contributed by atoms with E-state index in [2.05, 4.69) is 4.98 Å². The fraction of sp³-hybridized carbons (Fsp3) is 0.545. The number of nitro groups is 1. The second-order valence-corrected chi connectivity index (χ2v) is 6.11. The quantitative estimate of drug-likeness (QED) is 0.591. The van der Waals surface area contributed by atoms with Crippen molar-refractivity contribution in [3.8, 4) is 5.75 Å². The molecule has 112 valence electrons. The van der Waals surface area contributed by atoms with Gasteiger partial charge in [-0.25, -0.2) is 13.6 Å². The first kappa shape index (κ1) is 16.3. The molecule has 0 amide bonds. The molecule has 20 heavy (non-hydrogen) atoms. The molecule has 1 aromatic rings. The van der Waals surface area contributed by atoms with Crippen LogP contribution >= 0.6 is 0 Å². The minimum absolute atomic E-state index is 0.0217. The van der Waals surface area contributed by atoms with Gasteiger partial charge < -0.3 is 14.9 Å². The summed E-state index contributed by atoms with van der Waals surface area (Å²) in [7, 11) is -3.60. The number of hydrogen-bond donors (Lipinski definition) is 1. The molecule has 1 rings (SSSR count). The fourth-order valence-corrected chi connectivity index (χ4v) is 2.58. The number of hydrogen-bond acceptors (Lipinski definition) is 6. The van der Waals surface area contributed by atoms with Gasteiger partial charge in [0.1, 0.15) is 5.69 Å². The van der Waals surface area contributed by atoms with Gasteiger partial charge in [-0.05, 0) is 28.5 Å². The molecular formula is C11H17N3O5S. The van der Waals surface area contributed by atoms with E-state index in [1.165, 1.54) is 6.07 Å². The van der Waals surface area contributed by atoms with Gasteiger partial charge in [0.15, 0.2) is 0 Å². The lowest BCUT2D eigenvalue weighted by Crippen LogP contribution is -2.26. The normalized spacial score (nSPS) is 12.9. The molecule has 8 nitrogen and oxygen atoms in total. The zero-order valence-corrected chi connectivity index (χ0v) is 12.1. The van der Waals surface area contributed by atoms with Gasteiger partial charge >= 0.3 is 5.82 Å². The first-order chi connectivity index (χ1) is 9.23. The third-order valence-corrected chi connectivity index (χ3v) is 3.61. The minimum atomic E-state index is -3.60. The van der Waals surface area contributed by atoms with E-state index >= 15 is 0 Å². The van der Waals surface area contributed by atoms with Crippen molar-refractivity contribution < 1.29 is 18.1 Å². The van der Waals surface area contributed by atoms with Gasteiger partial charge in [-0.15, -0.1) is 0 Å². The molecule has 1 aromatic heterocycles. The molecule has 0 saturated carbocycles. The van der Waals surface area contributed by atoms with E-state index in [1.54, 1.807) is 19.9 Å². The fourth-order valence-electron chi connectivity index (χ4n) is 1.59. The van der Waals surface area contributed by atoms with Gasteiger partial charge in [0.05, 0.1) is 12.4 Å². The van der Waals surface area contributed by atoms with Crippen LogP contribution in [0.15, 0.2) is 12.1 Å². The van der Waals surface area contributed by atoms with E-state index in [4.69, 9.17) is 9.88 Å². The summed E-state index contributed by atoms with van der Waals surface area (Å²) in [5, 5.41) is 15.8. The zero-order valence-electron chi connectivity index (χ0n) is 11.3. The average molecular weight is 303 g/mol. The van der Waals surface area contributed by atoms with Crippen LogP contribution in [0.1, 0.15) is 19.0 Å². The molecule has 0 spiro atoms. The Morgan fingerprint density at radius 2 is 2.15 bits per heavy atom. The molecule has 0 aliphatic rings. The zero-order chi connectivity index (χ0) is 15.3. The molecule has 2 N–H and O–H groups in total. The van der Waals surface area contributed by atoms with Crippen LogP contribution in [0.5, 0.6) is 5.75 Å². The Labute approximate surface area is 117 Å². The highest BCUT2D eigenvalue weighted by Gasteiger charge is 2.20. The van der Waals surface area contributed by atoms with Crippen molar-refractivity contribution in [2.75, 3.05) is 12.4 Å². The first-order valence-corrected chi connectivity index (χ1v) is 7.69. The second-order valence-electron chi connectivity index (χ2n) is 4.45. The Morgan fingerprint density at radius 1 is 1.50 bits per heavy atom. The number of ether oxygens (including phenoxy) is 1. The van der Waals surface area contributed by atoms with Crippen molar-refractivity contribution in [2.45, 2.75) is 20.3 Å². The van der Waals surface area contributed by atoms with E-state index in [0.29, 0.717) is 12.1 Å². The summed E-state index contributed by atoms with van der Waals surface area (Å²) in [4.78, 5) is 14.0. The molecule has 0 aromatic carbocycles. The Morgan fingerprint density at radius 3 is 2.65 bits per heavy atom. The average Bonchev–Trinajstić information content (AvgIpc) is 2.33. The third kappa shape index (κ3) is 5.10. The van der Waals surface area contributed by atoms with Gasteiger partial charge in [0.25, 0.3) is 0 Å². The number of nitrogens with zero attached hydrogens (tertiary/aromatic N) is 2. The van der Waals surface area contributed by atoms with Crippen molar-refractivity contribution in [3.63, 3.8) is 0 Å². The molecule has 9 heteroatoms. The van der Waals surface area contributed by atoms with Crippen LogP contribution in [0.4, 0.5) is 5.82 Å². The van der Waals surface area contributed by atoms with Gasteiger partial charge in [-0.2, -0.15) is 0 Å².